The number of nitrogens with zero attached hydrogens (tertiary/aromatic N) is 1. The van der Waals surface area contributed by atoms with Gasteiger partial charge in [-0.3, -0.25) is 4.79 Å². The van der Waals surface area contributed by atoms with Crippen LogP contribution in [0.3, 0.4) is 0 Å². The molecule has 3 rings (SSSR count). The van der Waals surface area contributed by atoms with E-state index in [1.807, 2.05) is 17.0 Å². The summed E-state index contributed by atoms with van der Waals surface area (Å²) in [7, 11) is 3.30. The molecule has 6 nitrogen and oxygen atoms in total. The van der Waals surface area contributed by atoms with E-state index in [9.17, 15) is 4.79 Å². The molecule has 1 aliphatic heterocycles. The molecule has 0 bridgehead atoms. The van der Waals surface area contributed by atoms with Crippen LogP contribution in [0.25, 0.3) is 0 Å². The Labute approximate surface area is 170 Å². The first-order chi connectivity index (χ1) is 13.6. The zero-order valence-corrected chi connectivity index (χ0v) is 17.0. The Hall–Kier alpha value is -2.44. The predicted molar refractivity (Wildman–Crippen MR) is 107 cm³/mol. The fourth-order valence-corrected chi connectivity index (χ4v) is 3.50. The average molecular weight is 406 g/mol. The van der Waals surface area contributed by atoms with Crippen molar-refractivity contribution in [1.29, 1.82) is 0 Å². The van der Waals surface area contributed by atoms with E-state index in [-0.39, 0.29) is 12.5 Å². The Kier molecular flexibility index (Phi) is 7.01. The Balaban J connectivity index is 1.49. The number of rotatable bonds is 7. The van der Waals surface area contributed by atoms with Gasteiger partial charge in [0.25, 0.3) is 5.91 Å². The van der Waals surface area contributed by atoms with Gasteiger partial charge < -0.3 is 24.0 Å². The van der Waals surface area contributed by atoms with Crippen LogP contribution in [-0.4, -0.2) is 57.8 Å². The molecule has 0 radical (unpaired) electrons. The summed E-state index contributed by atoms with van der Waals surface area (Å²) in [6.45, 7) is 4.07. The molecule has 1 amide bonds. The molecule has 2 aromatic rings. The van der Waals surface area contributed by atoms with Crippen LogP contribution in [0.15, 0.2) is 42.5 Å². The number of hydrogen-bond acceptors (Lipinski definition) is 4. The molecular formula is C21H26ClN2O4+. The third kappa shape index (κ3) is 5.09. The molecule has 28 heavy (non-hydrogen) atoms. The van der Waals surface area contributed by atoms with Crippen molar-refractivity contribution in [3.8, 4) is 17.2 Å². The first-order valence-electron chi connectivity index (χ1n) is 9.30. The number of benzene rings is 2. The van der Waals surface area contributed by atoms with Crippen molar-refractivity contribution in [2.24, 2.45) is 0 Å². The number of piperazine rings is 1. The van der Waals surface area contributed by atoms with Crippen molar-refractivity contribution in [2.45, 2.75) is 6.54 Å². The second-order valence-electron chi connectivity index (χ2n) is 6.70. The number of halogens is 1. The summed E-state index contributed by atoms with van der Waals surface area (Å²) >= 11 is 5.86. The highest BCUT2D eigenvalue weighted by Gasteiger charge is 2.25. The van der Waals surface area contributed by atoms with Crippen molar-refractivity contribution in [3.05, 3.63) is 53.1 Å². The van der Waals surface area contributed by atoms with Gasteiger partial charge in [0.05, 0.1) is 46.0 Å². The Morgan fingerprint density at radius 2 is 1.79 bits per heavy atom. The van der Waals surface area contributed by atoms with E-state index in [0.717, 1.165) is 36.7 Å². The quantitative estimate of drug-likeness (QED) is 0.761. The molecular weight excluding hydrogens is 380 g/mol. The van der Waals surface area contributed by atoms with Crippen LogP contribution in [0, 0.1) is 0 Å². The molecule has 0 aliphatic carbocycles. The predicted octanol–water partition coefficient (Wildman–Crippen LogP) is 1.66. The molecule has 1 heterocycles. The minimum Gasteiger partial charge on any atom is -0.493 e. The number of carbonyl (C=O) groups excluding carboxylic acids is 1. The number of quaternary nitrogens is 1. The summed E-state index contributed by atoms with van der Waals surface area (Å²) in [5.41, 5.74) is 1.11. The van der Waals surface area contributed by atoms with Crippen molar-refractivity contribution in [2.75, 3.05) is 47.0 Å². The topological polar surface area (TPSA) is 52.4 Å². The highest BCUT2D eigenvalue weighted by atomic mass is 35.5. The average Bonchev–Trinajstić information content (AvgIpc) is 2.73. The summed E-state index contributed by atoms with van der Waals surface area (Å²) in [6, 6.07) is 13.0. The van der Waals surface area contributed by atoms with Gasteiger partial charge in [-0.2, -0.15) is 0 Å². The largest absolute Gasteiger partial charge is 0.493 e. The Morgan fingerprint density at radius 3 is 2.43 bits per heavy atom. The third-order valence-electron chi connectivity index (χ3n) is 4.92. The van der Waals surface area contributed by atoms with Crippen molar-refractivity contribution in [1.82, 2.24) is 4.90 Å². The summed E-state index contributed by atoms with van der Waals surface area (Å²) < 4.78 is 16.5. The second-order valence-corrected chi connectivity index (χ2v) is 7.14. The van der Waals surface area contributed by atoms with Crippen LogP contribution in [-0.2, 0) is 11.3 Å². The molecule has 1 fully saturated rings. The van der Waals surface area contributed by atoms with E-state index in [0.29, 0.717) is 23.9 Å². The van der Waals surface area contributed by atoms with Crippen LogP contribution in [0.5, 0.6) is 17.2 Å². The Bertz CT molecular complexity index is 789. The van der Waals surface area contributed by atoms with Crippen LogP contribution in [0.4, 0.5) is 0 Å². The van der Waals surface area contributed by atoms with Crippen molar-refractivity contribution in [3.63, 3.8) is 0 Å². The Morgan fingerprint density at radius 1 is 1.07 bits per heavy atom. The molecule has 1 N–H and O–H groups in total. The van der Waals surface area contributed by atoms with Crippen LogP contribution >= 0.6 is 11.6 Å². The van der Waals surface area contributed by atoms with Crippen LogP contribution < -0.4 is 19.1 Å². The van der Waals surface area contributed by atoms with Crippen LogP contribution in [0.2, 0.25) is 5.02 Å². The summed E-state index contributed by atoms with van der Waals surface area (Å²) in [6.07, 6.45) is 0. The third-order valence-corrected chi connectivity index (χ3v) is 5.18. The molecule has 0 unspecified atom stereocenters. The van der Waals surface area contributed by atoms with E-state index in [1.165, 1.54) is 4.90 Å². The summed E-state index contributed by atoms with van der Waals surface area (Å²) in [4.78, 5) is 15.7. The second kappa shape index (κ2) is 9.66. The number of methoxy groups -OCH3 is 2. The first kappa shape index (κ1) is 20.3. The fourth-order valence-electron chi connectivity index (χ4n) is 3.38. The molecule has 2 aromatic carbocycles. The minimum atomic E-state index is 0.00737. The van der Waals surface area contributed by atoms with E-state index in [1.54, 1.807) is 38.5 Å². The molecule has 150 valence electrons. The molecule has 0 aromatic heterocycles. The van der Waals surface area contributed by atoms with Gasteiger partial charge in [0.15, 0.2) is 18.1 Å². The van der Waals surface area contributed by atoms with Gasteiger partial charge in [-0.1, -0.05) is 17.7 Å². The number of carbonyl (C=O) groups is 1. The summed E-state index contributed by atoms with van der Waals surface area (Å²) in [5, 5.41) is 0.644. The molecule has 7 heteroatoms. The van der Waals surface area contributed by atoms with E-state index in [4.69, 9.17) is 25.8 Å². The van der Waals surface area contributed by atoms with Gasteiger partial charge in [0.1, 0.15) is 12.3 Å². The normalized spacial score (nSPS) is 14.6. The van der Waals surface area contributed by atoms with Gasteiger partial charge in [-0.25, -0.2) is 0 Å². The maximum Gasteiger partial charge on any atom is 0.260 e. The smallest absolute Gasteiger partial charge is 0.260 e. The number of nitrogens with one attached hydrogen (secondary N) is 1. The van der Waals surface area contributed by atoms with E-state index in [2.05, 4.69) is 6.07 Å². The lowest BCUT2D eigenvalue weighted by atomic mass is 10.1. The van der Waals surface area contributed by atoms with Crippen LogP contribution in [0.1, 0.15) is 5.56 Å². The number of hydrogen-bond donors (Lipinski definition) is 1. The van der Waals surface area contributed by atoms with Crippen molar-refractivity contribution >= 4 is 17.5 Å². The van der Waals surface area contributed by atoms with Gasteiger partial charge in [-0.05, 0) is 36.4 Å². The minimum absolute atomic E-state index is 0.00737. The van der Waals surface area contributed by atoms with Gasteiger partial charge in [0.2, 0.25) is 0 Å². The van der Waals surface area contributed by atoms with Gasteiger partial charge in [0, 0.05) is 5.02 Å². The zero-order chi connectivity index (χ0) is 19.9. The number of para-hydroxylation sites is 1. The van der Waals surface area contributed by atoms with Crippen molar-refractivity contribution < 1.29 is 23.9 Å². The maximum atomic E-state index is 12.4. The lowest BCUT2D eigenvalue weighted by molar-refractivity contribution is -0.917. The lowest BCUT2D eigenvalue weighted by Crippen LogP contribution is -3.13. The zero-order valence-electron chi connectivity index (χ0n) is 16.2. The van der Waals surface area contributed by atoms with E-state index >= 15 is 0 Å². The fraction of sp³-hybridized carbons (Fsp3) is 0.381. The SMILES string of the molecule is COc1cccc(C[NH+]2CCN(C(=O)COc3ccc(Cl)cc3)CC2)c1OC. The number of amides is 1. The highest BCUT2D eigenvalue weighted by Crippen LogP contribution is 2.30. The highest BCUT2D eigenvalue weighted by molar-refractivity contribution is 6.30. The molecule has 0 atom stereocenters. The standard InChI is InChI=1S/C21H25ClN2O4/c1-26-19-5-3-4-16(21(19)27-2)14-23-10-12-24(13-11-23)20(25)15-28-18-8-6-17(22)7-9-18/h3-9H,10-15H2,1-2H3/p+1. The lowest BCUT2D eigenvalue weighted by Gasteiger charge is -2.32. The number of ether oxygens (including phenoxy) is 3. The van der Waals surface area contributed by atoms with Gasteiger partial charge >= 0.3 is 0 Å². The monoisotopic (exact) mass is 405 g/mol. The molecule has 0 saturated carbocycles. The maximum absolute atomic E-state index is 12.4. The van der Waals surface area contributed by atoms with Gasteiger partial charge in [-0.15, -0.1) is 0 Å². The first-order valence-corrected chi connectivity index (χ1v) is 9.68. The van der Waals surface area contributed by atoms with E-state index < -0.39 is 0 Å². The molecule has 1 saturated heterocycles. The molecule has 1 aliphatic rings. The molecule has 0 spiro atoms. The summed E-state index contributed by atoms with van der Waals surface area (Å²) in [5.74, 6) is 2.18.